The van der Waals surface area contributed by atoms with Crippen LogP contribution >= 0.6 is 15.9 Å². The van der Waals surface area contributed by atoms with Crippen LogP contribution in [0, 0.1) is 0 Å². The Morgan fingerprint density at radius 2 is 2.19 bits per heavy atom. The number of hydrogen-bond acceptors (Lipinski definition) is 2. The molecule has 1 aliphatic rings. The van der Waals surface area contributed by atoms with Crippen LogP contribution in [0.2, 0.25) is 0 Å². The minimum atomic E-state index is -4.58. The molecular weight excluding hydrogens is 351 g/mol. The fraction of sp³-hybridized carbons (Fsp3) is 0.500. The van der Waals surface area contributed by atoms with Crippen molar-refractivity contribution >= 4 is 21.8 Å². The molecule has 1 aromatic carbocycles. The molecule has 0 saturated carbocycles. The van der Waals surface area contributed by atoms with Crippen LogP contribution in [-0.2, 0) is 10.9 Å². The fourth-order valence-electron chi connectivity index (χ4n) is 2.29. The monoisotopic (exact) mass is 365 g/mol. The van der Waals surface area contributed by atoms with Crippen LogP contribution in [0.5, 0.6) is 0 Å². The highest BCUT2D eigenvalue weighted by atomic mass is 79.9. The van der Waals surface area contributed by atoms with Gasteiger partial charge in [0.25, 0.3) is 5.91 Å². The molecule has 1 atom stereocenters. The van der Waals surface area contributed by atoms with Gasteiger partial charge in [0.1, 0.15) is 0 Å². The summed E-state index contributed by atoms with van der Waals surface area (Å²) in [5.41, 5.74) is -1.83. The van der Waals surface area contributed by atoms with Gasteiger partial charge < -0.3 is 10.1 Å². The predicted octanol–water partition coefficient (Wildman–Crippen LogP) is 3.77. The number of carbonyl (C=O) groups excluding carboxylic acids is 1. The van der Waals surface area contributed by atoms with Crippen molar-refractivity contribution in [3.05, 3.63) is 33.8 Å². The van der Waals surface area contributed by atoms with Crippen molar-refractivity contribution in [1.29, 1.82) is 0 Å². The Balaban J connectivity index is 2.15. The van der Waals surface area contributed by atoms with E-state index in [1.54, 1.807) is 0 Å². The summed E-state index contributed by atoms with van der Waals surface area (Å²) in [4.78, 5) is 12.0. The maximum Gasteiger partial charge on any atom is 0.417 e. The van der Waals surface area contributed by atoms with Crippen LogP contribution in [0.25, 0.3) is 0 Å². The van der Waals surface area contributed by atoms with E-state index >= 15 is 0 Å². The van der Waals surface area contributed by atoms with E-state index in [9.17, 15) is 18.0 Å². The molecule has 1 aromatic rings. The zero-order valence-corrected chi connectivity index (χ0v) is 13.0. The minimum Gasteiger partial charge on any atom is -0.373 e. The molecule has 0 aromatic heterocycles. The summed E-state index contributed by atoms with van der Waals surface area (Å²) in [7, 11) is 0. The number of benzene rings is 1. The summed E-state index contributed by atoms with van der Waals surface area (Å²) >= 11 is 2.99. The van der Waals surface area contributed by atoms with Gasteiger partial charge in [-0.3, -0.25) is 4.79 Å². The van der Waals surface area contributed by atoms with Gasteiger partial charge in [0.2, 0.25) is 0 Å². The molecule has 0 radical (unpaired) electrons. The highest BCUT2D eigenvalue weighted by molar-refractivity contribution is 9.10. The molecule has 116 valence electrons. The van der Waals surface area contributed by atoms with Crippen molar-refractivity contribution in [2.24, 2.45) is 0 Å². The van der Waals surface area contributed by atoms with Crippen molar-refractivity contribution < 1.29 is 22.7 Å². The molecule has 1 N–H and O–H groups in total. The van der Waals surface area contributed by atoms with E-state index in [0.717, 1.165) is 18.9 Å². The Labute approximate surface area is 129 Å². The molecule has 2 rings (SSSR count). The summed E-state index contributed by atoms with van der Waals surface area (Å²) in [6, 6.07) is 3.49. The average molecular weight is 366 g/mol. The molecule has 0 spiro atoms. The molecule has 1 saturated heterocycles. The third-order valence-electron chi connectivity index (χ3n) is 3.46. The second-order valence-electron chi connectivity index (χ2n) is 5.27. The molecule has 1 heterocycles. The molecule has 7 heteroatoms. The molecule has 21 heavy (non-hydrogen) atoms. The van der Waals surface area contributed by atoms with Crippen molar-refractivity contribution in [2.75, 3.05) is 13.2 Å². The van der Waals surface area contributed by atoms with E-state index in [0.29, 0.717) is 6.61 Å². The summed E-state index contributed by atoms with van der Waals surface area (Å²) in [5.74, 6) is -0.744. The minimum absolute atomic E-state index is 0.194. The summed E-state index contributed by atoms with van der Waals surface area (Å²) < 4.78 is 44.7. The van der Waals surface area contributed by atoms with Gasteiger partial charge in [-0.2, -0.15) is 13.2 Å². The Bertz CT molecular complexity index is 540. The Morgan fingerprint density at radius 1 is 1.48 bits per heavy atom. The summed E-state index contributed by atoms with van der Waals surface area (Å²) in [6.45, 7) is 2.64. The summed E-state index contributed by atoms with van der Waals surface area (Å²) in [6.07, 6.45) is -2.91. The second kappa shape index (κ2) is 5.96. The lowest BCUT2D eigenvalue weighted by molar-refractivity contribution is -0.138. The molecule has 3 nitrogen and oxygen atoms in total. The van der Waals surface area contributed by atoms with Crippen molar-refractivity contribution in [3.8, 4) is 0 Å². The van der Waals surface area contributed by atoms with Gasteiger partial charge in [-0.1, -0.05) is 15.9 Å². The second-order valence-corrected chi connectivity index (χ2v) is 6.19. The van der Waals surface area contributed by atoms with E-state index in [2.05, 4.69) is 21.2 Å². The first kappa shape index (κ1) is 16.3. The normalized spacial score (nSPS) is 22.3. The third kappa shape index (κ3) is 3.97. The Morgan fingerprint density at radius 3 is 2.76 bits per heavy atom. The van der Waals surface area contributed by atoms with Crippen LogP contribution in [-0.4, -0.2) is 24.7 Å². The zero-order chi connectivity index (χ0) is 15.7. The number of rotatable bonds is 3. The predicted molar refractivity (Wildman–Crippen MR) is 75.1 cm³/mol. The number of hydrogen-bond donors (Lipinski definition) is 1. The maximum atomic E-state index is 13.0. The van der Waals surface area contributed by atoms with Crippen molar-refractivity contribution in [1.82, 2.24) is 5.32 Å². The molecular formula is C14H15BrF3NO2. The SMILES string of the molecule is CC1(CNC(=O)c2ccc(Br)cc2C(F)(F)F)CCCO1. The van der Waals surface area contributed by atoms with Gasteiger partial charge in [-0.25, -0.2) is 0 Å². The maximum absolute atomic E-state index is 13.0. The fourth-order valence-corrected chi connectivity index (χ4v) is 2.65. The summed E-state index contributed by atoms with van der Waals surface area (Å²) in [5, 5.41) is 2.53. The first-order valence-corrected chi connectivity index (χ1v) is 7.29. The Kier molecular flexibility index (Phi) is 4.63. The molecule has 0 aliphatic carbocycles. The van der Waals surface area contributed by atoms with E-state index < -0.39 is 23.2 Å². The van der Waals surface area contributed by atoms with Crippen LogP contribution in [0.15, 0.2) is 22.7 Å². The molecule has 0 bridgehead atoms. The standard InChI is InChI=1S/C14H15BrF3NO2/c1-13(5-2-6-21-13)8-19-12(20)10-4-3-9(15)7-11(10)14(16,17)18/h3-4,7H,2,5-6,8H2,1H3,(H,19,20). The van der Waals surface area contributed by atoms with Gasteiger partial charge in [-0.15, -0.1) is 0 Å². The van der Waals surface area contributed by atoms with Crippen LogP contribution in [0.1, 0.15) is 35.7 Å². The highest BCUT2D eigenvalue weighted by Crippen LogP contribution is 2.34. The largest absolute Gasteiger partial charge is 0.417 e. The molecule has 1 aliphatic heterocycles. The lowest BCUT2D eigenvalue weighted by Gasteiger charge is -2.23. The lowest BCUT2D eigenvalue weighted by Crippen LogP contribution is -2.40. The number of carbonyl (C=O) groups is 1. The van der Waals surface area contributed by atoms with Gasteiger partial charge >= 0.3 is 6.18 Å². The quantitative estimate of drug-likeness (QED) is 0.885. The van der Waals surface area contributed by atoms with Gasteiger partial charge in [0.15, 0.2) is 0 Å². The topological polar surface area (TPSA) is 38.3 Å². The van der Waals surface area contributed by atoms with Gasteiger partial charge in [-0.05, 0) is 38.0 Å². The third-order valence-corrected chi connectivity index (χ3v) is 3.95. The van der Waals surface area contributed by atoms with Crippen LogP contribution in [0.3, 0.4) is 0 Å². The number of nitrogens with one attached hydrogen (secondary N) is 1. The van der Waals surface area contributed by atoms with Crippen LogP contribution in [0.4, 0.5) is 13.2 Å². The van der Waals surface area contributed by atoms with Crippen molar-refractivity contribution in [2.45, 2.75) is 31.5 Å². The molecule has 1 amide bonds. The van der Waals surface area contributed by atoms with Gasteiger partial charge in [0, 0.05) is 17.6 Å². The van der Waals surface area contributed by atoms with E-state index in [4.69, 9.17) is 4.74 Å². The van der Waals surface area contributed by atoms with Gasteiger partial charge in [0.05, 0.1) is 16.7 Å². The lowest BCUT2D eigenvalue weighted by atomic mass is 10.0. The average Bonchev–Trinajstić information content (AvgIpc) is 2.82. The molecule has 1 unspecified atom stereocenters. The first-order chi connectivity index (χ1) is 9.71. The van der Waals surface area contributed by atoms with Crippen molar-refractivity contribution in [3.63, 3.8) is 0 Å². The number of ether oxygens (including phenoxy) is 1. The number of alkyl halides is 3. The highest BCUT2D eigenvalue weighted by Gasteiger charge is 2.36. The smallest absolute Gasteiger partial charge is 0.373 e. The zero-order valence-electron chi connectivity index (χ0n) is 11.4. The Hall–Kier alpha value is -1.08. The number of halogens is 4. The first-order valence-electron chi connectivity index (χ1n) is 6.50. The van der Waals surface area contributed by atoms with E-state index in [-0.39, 0.29) is 16.6 Å². The van der Waals surface area contributed by atoms with E-state index in [1.165, 1.54) is 12.1 Å². The number of amides is 1. The van der Waals surface area contributed by atoms with Crippen LogP contribution < -0.4 is 5.32 Å². The molecule has 1 fully saturated rings. The van der Waals surface area contributed by atoms with E-state index in [1.807, 2.05) is 6.92 Å².